The second-order valence-corrected chi connectivity index (χ2v) is 4.50. The number of fused-ring (bicyclic) bond motifs is 1. The van der Waals surface area contributed by atoms with Gasteiger partial charge in [-0.3, -0.25) is 4.79 Å². The van der Waals surface area contributed by atoms with Crippen LogP contribution >= 0.6 is 0 Å². The van der Waals surface area contributed by atoms with Crippen LogP contribution in [0.4, 0.5) is 0 Å². The molecular weight excluding hydrogens is 148 g/mol. The fourth-order valence-electron chi connectivity index (χ4n) is 3.24. The molecule has 0 spiro atoms. The molecule has 3 atom stereocenters. The van der Waals surface area contributed by atoms with Crippen LogP contribution in [-0.4, -0.2) is 5.78 Å². The summed E-state index contributed by atoms with van der Waals surface area (Å²) in [4.78, 5) is 11.3. The van der Waals surface area contributed by atoms with Crippen molar-refractivity contribution in [3.8, 4) is 0 Å². The monoisotopic (exact) mass is 166 g/mol. The maximum atomic E-state index is 11.3. The molecule has 0 amide bonds. The Balaban J connectivity index is 2.05. The van der Waals surface area contributed by atoms with E-state index >= 15 is 0 Å². The second-order valence-electron chi connectivity index (χ2n) is 4.50. The molecule has 0 heterocycles. The molecule has 2 saturated carbocycles. The highest BCUT2D eigenvalue weighted by Gasteiger charge is 2.39. The van der Waals surface area contributed by atoms with E-state index in [-0.39, 0.29) is 0 Å². The fourth-order valence-corrected chi connectivity index (χ4v) is 3.24. The van der Waals surface area contributed by atoms with E-state index in [4.69, 9.17) is 0 Å². The Bertz CT molecular complexity index is 185. The van der Waals surface area contributed by atoms with Crippen molar-refractivity contribution in [3.63, 3.8) is 0 Å². The molecule has 0 saturated heterocycles. The van der Waals surface area contributed by atoms with Gasteiger partial charge in [0.05, 0.1) is 0 Å². The molecule has 0 radical (unpaired) electrons. The average Bonchev–Trinajstić information content (AvgIpc) is 2.47. The molecule has 2 fully saturated rings. The van der Waals surface area contributed by atoms with Gasteiger partial charge in [-0.2, -0.15) is 0 Å². The molecule has 0 aromatic rings. The lowest BCUT2D eigenvalue weighted by molar-refractivity contribution is -0.122. The maximum absolute atomic E-state index is 11.3. The number of hydrogen-bond acceptors (Lipinski definition) is 1. The highest BCUT2D eigenvalue weighted by atomic mass is 16.1. The Hall–Kier alpha value is -0.330. The molecule has 0 unspecified atom stereocenters. The van der Waals surface area contributed by atoms with Gasteiger partial charge in [0.1, 0.15) is 5.78 Å². The van der Waals surface area contributed by atoms with Gasteiger partial charge < -0.3 is 0 Å². The van der Waals surface area contributed by atoms with Gasteiger partial charge in [-0.25, -0.2) is 0 Å². The highest BCUT2D eigenvalue weighted by molar-refractivity contribution is 5.78. The van der Waals surface area contributed by atoms with Crippen LogP contribution in [0.25, 0.3) is 0 Å². The zero-order valence-corrected chi connectivity index (χ0v) is 7.88. The summed E-state index contributed by atoms with van der Waals surface area (Å²) in [5, 5.41) is 0. The second kappa shape index (κ2) is 3.20. The smallest absolute Gasteiger partial charge is 0.133 e. The van der Waals surface area contributed by atoms with E-state index in [1.54, 1.807) is 6.92 Å². The van der Waals surface area contributed by atoms with Crippen molar-refractivity contribution in [3.05, 3.63) is 0 Å². The van der Waals surface area contributed by atoms with Gasteiger partial charge in [-0.1, -0.05) is 19.3 Å². The van der Waals surface area contributed by atoms with E-state index in [1.165, 1.54) is 38.5 Å². The van der Waals surface area contributed by atoms with Crippen LogP contribution in [0.15, 0.2) is 0 Å². The molecule has 0 N–H and O–H groups in total. The minimum Gasteiger partial charge on any atom is -0.300 e. The number of carbonyl (C=O) groups excluding carboxylic acids is 1. The first-order valence-electron chi connectivity index (χ1n) is 5.29. The van der Waals surface area contributed by atoms with Crippen molar-refractivity contribution in [2.45, 2.75) is 45.4 Å². The molecular formula is C11H18O. The van der Waals surface area contributed by atoms with Crippen LogP contribution in [0.1, 0.15) is 45.4 Å². The summed E-state index contributed by atoms with van der Waals surface area (Å²) < 4.78 is 0. The van der Waals surface area contributed by atoms with Crippen LogP contribution in [0.3, 0.4) is 0 Å². The van der Waals surface area contributed by atoms with Gasteiger partial charge in [0, 0.05) is 5.92 Å². The van der Waals surface area contributed by atoms with Crippen LogP contribution < -0.4 is 0 Å². The Labute approximate surface area is 74.5 Å². The Morgan fingerprint density at radius 1 is 1.08 bits per heavy atom. The Morgan fingerprint density at radius 3 is 2.58 bits per heavy atom. The predicted octanol–water partition coefficient (Wildman–Crippen LogP) is 2.79. The molecule has 0 aromatic heterocycles. The van der Waals surface area contributed by atoms with Crippen molar-refractivity contribution < 1.29 is 4.79 Å². The summed E-state index contributed by atoms with van der Waals surface area (Å²) in [6.45, 7) is 1.78. The van der Waals surface area contributed by atoms with E-state index in [2.05, 4.69) is 0 Å². The van der Waals surface area contributed by atoms with Gasteiger partial charge in [0.25, 0.3) is 0 Å². The molecule has 2 aliphatic carbocycles. The largest absolute Gasteiger partial charge is 0.300 e. The van der Waals surface area contributed by atoms with Gasteiger partial charge in [-0.15, -0.1) is 0 Å². The fraction of sp³-hybridized carbons (Fsp3) is 0.909. The van der Waals surface area contributed by atoms with Crippen LogP contribution in [0, 0.1) is 17.8 Å². The summed E-state index contributed by atoms with van der Waals surface area (Å²) >= 11 is 0. The zero-order valence-electron chi connectivity index (χ0n) is 7.88. The average molecular weight is 166 g/mol. The lowest BCUT2D eigenvalue weighted by Crippen LogP contribution is -2.23. The Kier molecular flexibility index (Phi) is 2.20. The standard InChI is InChI=1S/C11H18O/c1-8(12)10-7-6-9-4-2-3-5-11(9)10/h9-11H,2-7H2,1H3/t9-,10+,11+/m1/s1. The van der Waals surface area contributed by atoms with E-state index in [9.17, 15) is 4.79 Å². The summed E-state index contributed by atoms with van der Waals surface area (Å²) in [5.74, 6) is 2.57. The number of hydrogen-bond donors (Lipinski definition) is 0. The summed E-state index contributed by atoms with van der Waals surface area (Å²) in [5.41, 5.74) is 0. The van der Waals surface area contributed by atoms with Crippen LogP contribution in [-0.2, 0) is 4.79 Å². The van der Waals surface area contributed by atoms with E-state index < -0.39 is 0 Å². The van der Waals surface area contributed by atoms with E-state index in [0.29, 0.717) is 11.7 Å². The molecule has 0 bridgehead atoms. The van der Waals surface area contributed by atoms with Crippen LogP contribution in [0.2, 0.25) is 0 Å². The van der Waals surface area contributed by atoms with Crippen molar-refractivity contribution in [1.82, 2.24) is 0 Å². The molecule has 68 valence electrons. The first-order valence-corrected chi connectivity index (χ1v) is 5.29. The quantitative estimate of drug-likeness (QED) is 0.585. The first kappa shape index (κ1) is 8.28. The topological polar surface area (TPSA) is 17.1 Å². The molecule has 1 nitrogen and oxygen atoms in total. The molecule has 2 rings (SSSR count). The lowest BCUT2D eigenvalue weighted by atomic mass is 9.77. The molecule has 0 aromatic carbocycles. The Morgan fingerprint density at radius 2 is 1.83 bits per heavy atom. The minimum atomic E-state index is 0.440. The van der Waals surface area contributed by atoms with Crippen molar-refractivity contribution in [2.75, 3.05) is 0 Å². The first-order chi connectivity index (χ1) is 5.79. The van der Waals surface area contributed by atoms with Crippen molar-refractivity contribution >= 4 is 5.78 Å². The molecule has 0 aliphatic heterocycles. The minimum absolute atomic E-state index is 0.440. The molecule has 2 aliphatic rings. The summed E-state index contributed by atoms with van der Waals surface area (Å²) in [7, 11) is 0. The summed E-state index contributed by atoms with van der Waals surface area (Å²) in [6.07, 6.45) is 8.01. The predicted molar refractivity (Wildman–Crippen MR) is 48.9 cm³/mol. The van der Waals surface area contributed by atoms with Gasteiger partial charge in [0.15, 0.2) is 0 Å². The number of ketones is 1. The summed E-state index contributed by atoms with van der Waals surface area (Å²) in [6, 6.07) is 0. The maximum Gasteiger partial charge on any atom is 0.133 e. The number of rotatable bonds is 1. The van der Waals surface area contributed by atoms with Crippen molar-refractivity contribution in [2.24, 2.45) is 17.8 Å². The van der Waals surface area contributed by atoms with Gasteiger partial charge in [-0.05, 0) is 38.0 Å². The normalized spacial score (nSPS) is 40.9. The van der Waals surface area contributed by atoms with E-state index in [0.717, 1.165) is 11.8 Å². The highest BCUT2D eigenvalue weighted by Crippen LogP contribution is 2.45. The van der Waals surface area contributed by atoms with Gasteiger partial charge >= 0.3 is 0 Å². The third-order valence-electron chi connectivity index (χ3n) is 3.86. The van der Waals surface area contributed by atoms with Crippen molar-refractivity contribution in [1.29, 1.82) is 0 Å². The number of carbonyl (C=O) groups is 1. The lowest BCUT2D eigenvalue weighted by Gasteiger charge is -2.27. The zero-order chi connectivity index (χ0) is 8.55. The number of Topliss-reactive ketones (excluding diaryl/α,β-unsaturated/α-hetero) is 1. The van der Waals surface area contributed by atoms with Gasteiger partial charge in [0.2, 0.25) is 0 Å². The molecule has 1 heteroatoms. The third kappa shape index (κ3) is 1.30. The van der Waals surface area contributed by atoms with E-state index in [1.807, 2.05) is 0 Å². The SMILES string of the molecule is CC(=O)[C@@H]1CC[C@H]2CCCC[C@@H]21. The molecule has 12 heavy (non-hydrogen) atoms. The third-order valence-corrected chi connectivity index (χ3v) is 3.86. The van der Waals surface area contributed by atoms with Crippen LogP contribution in [0.5, 0.6) is 0 Å².